The van der Waals surface area contributed by atoms with Gasteiger partial charge in [-0.25, -0.2) is 0 Å². The molecule has 1 fully saturated rings. The average Bonchev–Trinajstić information content (AvgIpc) is 2.31. The van der Waals surface area contributed by atoms with Gasteiger partial charge in [-0.2, -0.15) is 0 Å². The monoisotopic (exact) mass is 284 g/mol. The molecule has 0 spiro atoms. The molecule has 0 amide bonds. The molecule has 0 atom stereocenters. The Hall–Kier alpha value is -0.940. The summed E-state index contributed by atoms with van der Waals surface area (Å²) in [5.41, 5.74) is 0.232. The maximum Gasteiger partial charge on any atom is 0.306 e. The van der Waals surface area contributed by atoms with E-state index < -0.39 is 0 Å². The largest absolute Gasteiger partial charge is 0.466 e. The van der Waals surface area contributed by atoms with E-state index in [2.05, 4.69) is 23.9 Å². The summed E-state index contributed by atoms with van der Waals surface area (Å²) in [5, 5.41) is 0. The van der Waals surface area contributed by atoms with Crippen LogP contribution in [0.25, 0.3) is 0 Å². The second-order valence-electron chi connectivity index (χ2n) is 5.99. The van der Waals surface area contributed by atoms with Crippen LogP contribution < -0.4 is 0 Å². The zero-order valence-corrected chi connectivity index (χ0v) is 13.3. The van der Waals surface area contributed by atoms with Crippen LogP contribution in [0.15, 0.2) is 0 Å². The Morgan fingerprint density at radius 1 is 1.15 bits per heavy atom. The first kappa shape index (κ1) is 17.1. The van der Waals surface area contributed by atoms with Crippen LogP contribution in [-0.4, -0.2) is 67.9 Å². The lowest BCUT2D eigenvalue weighted by molar-refractivity contribution is -0.144. The molecule has 5 nitrogen and oxygen atoms in total. The lowest BCUT2D eigenvalue weighted by Crippen LogP contribution is -2.57. The third-order valence-corrected chi connectivity index (χ3v) is 4.16. The highest BCUT2D eigenvalue weighted by molar-refractivity contribution is 5.84. The molecule has 0 aromatic carbocycles. The molecule has 5 heteroatoms. The van der Waals surface area contributed by atoms with Gasteiger partial charge >= 0.3 is 5.97 Å². The van der Waals surface area contributed by atoms with Crippen molar-refractivity contribution in [1.82, 2.24) is 9.80 Å². The zero-order chi connectivity index (χ0) is 15.2. The Morgan fingerprint density at radius 2 is 1.80 bits per heavy atom. The van der Waals surface area contributed by atoms with Crippen molar-refractivity contribution in [3.63, 3.8) is 0 Å². The second-order valence-corrected chi connectivity index (χ2v) is 5.99. The SMILES string of the molecule is CCOC(=O)CCC(=O)CN(C)CC1(N(C)C)CCC1. The van der Waals surface area contributed by atoms with Crippen molar-refractivity contribution >= 4 is 11.8 Å². The fourth-order valence-corrected chi connectivity index (χ4v) is 2.74. The minimum absolute atomic E-state index is 0.105. The third-order valence-electron chi connectivity index (χ3n) is 4.16. The Bertz CT molecular complexity index is 338. The summed E-state index contributed by atoms with van der Waals surface area (Å²) in [7, 11) is 6.19. The van der Waals surface area contributed by atoms with E-state index in [0.717, 1.165) is 6.54 Å². The quantitative estimate of drug-likeness (QED) is 0.598. The van der Waals surface area contributed by atoms with Crippen molar-refractivity contribution in [2.24, 2.45) is 0 Å². The summed E-state index contributed by atoms with van der Waals surface area (Å²) in [6, 6.07) is 0. The van der Waals surface area contributed by atoms with Gasteiger partial charge in [0.1, 0.15) is 5.78 Å². The molecule has 0 heterocycles. The van der Waals surface area contributed by atoms with Crippen LogP contribution in [0.4, 0.5) is 0 Å². The number of hydrogen-bond donors (Lipinski definition) is 0. The van der Waals surface area contributed by atoms with Crippen LogP contribution in [0.5, 0.6) is 0 Å². The van der Waals surface area contributed by atoms with Crippen LogP contribution in [0, 0.1) is 0 Å². The first-order chi connectivity index (χ1) is 9.39. The molecule has 0 aromatic rings. The fraction of sp³-hybridized carbons (Fsp3) is 0.867. The average molecular weight is 284 g/mol. The first-order valence-electron chi connectivity index (χ1n) is 7.43. The number of hydrogen-bond acceptors (Lipinski definition) is 5. The van der Waals surface area contributed by atoms with E-state index in [4.69, 9.17) is 4.74 Å². The highest BCUT2D eigenvalue weighted by Gasteiger charge is 2.39. The van der Waals surface area contributed by atoms with Crippen molar-refractivity contribution in [1.29, 1.82) is 0 Å². The van der Waals surface area contributed by atoms with Gasteiger partial charge in [0, 0.05) is 18.5 Å². The standard InChI is InChI=1S/C15H28N2O3/c1-5-20-14(19)8-7-13(18)11-17(4)12-15(16(2)3)9-6-10-15/h5-12H2,1-4H3. The molecule has 0 aromatic heterocycles. The van der Waals surface area contributed by atoms with Crippen LogP contribution in [0.3, 0.4) is 0 Å². The number of Topliss-reactive ketones (excluding diaryl/α,β-unsaturated/α-hetero) is 1. The lowest BCUT2D eigenvalue weighted by atomic mass is 9.75. The molecule has 0 saturated heterocycles. The number of esters is 1. The number of ketones is 1. The van der Waals surface area contributed by atoms with Crippen LogP contribution in [-0.2, 0) is 14.3 Å². The summed E-state index contributed by atoms with van der Waals surface area (Å²) in [5.74, 6) is -0.180. The van der Waals surface area contributed by atoms with E-state index in [-0.39, 0.29) is 30.1 Å². The molecule has 0 radical (unpaired) electrons. The predicted octanol–water partition coefficient (Wildman–Crippen LogP) is 1.31. The van der Waals surface area contributed by atoms with Crippen molar-refractivity contribution < 1.29 is 14.3 Å². The minimum atomic E-state index is -0.285. The van der Waals surface area contributed by atoms with Gasteiger partial charge in [-0.1, -0.05) is 0 Å². The molecule has 1 saturated carbocycles. The molecule has 1 rings (SSSR count). The van der Waals surface area contributed by atoms with Gasteiger partial charge in [-0.3, -0.25) is 14.5 Å². The summed E-state index contributed by atoms with van der Waals surface area (Å²) >= 11 is 0. The molecule has 0 unspecified atom stereocenters. The van der Waals surface area contributed by atoms with Crippen LogP contribution in [0.1, 0.15) is 39.0 Å². The smallest absolute Gasteiger partial charge is 0.306 e. The Kier molecular flexibility index (Phi) is 6.62. The van der Waals surface area contributed by atoms with E-state index in [1.165, 1.54) is 19.3 Å². The Labute approximate surface area is 122 Å². The van der Waals surface area contributed by atoms with E-state index in [9.17, 15) is 9.59 Å². The molecular formula is C15H28N2O3. The topological polar surface area (TPSA) is 49.9 Å². The van der Waals surface area contributed by atoms with Crippen LogP contribution >= 0.6 is 0 Å². The second kappa shape index (κ2) is 7.74. The normalized spacial score (nSPS) is 17.1. The van der Waals surface area contributed by atoms with Crippen LogP contribution in [0.2, 0.25) is 0 Å². The number of rotatable bonds is 9. The summed E-state index contributed by atoms with van der Waals surface area (Å²) in [6.07, 6.45) is 4.13. The Morgan fingerprint density at radius 3 is 2.25 bits per heavy atom. The van der Waals surface area contributed by atoms with Crippen molar-refractivity contribution in [3.05, 3.63) is 0 Å². The summed E-state index contributed by atoms with van der Waals surface area (Å²) in [6.45, 7) is 3.46. The zero-order valence-electron chi connectivity index (χ0n) is 13.3. The number of carbonyl (C=O) groups excluding carboxylic acids is 2. The number of likely N-dealkylation sites (N-methyl/N-ethyl adjacent to an activating group) is 2. The third kappa shape index (κ3) is 4.87. The molecular weight excluding hydrogens is 256 g/mol. The van der Waals surface area contributed by atoms with E-state index in [1.807, 2.05) is 7.05 Å². The van der Waals surface area contributed by atoms with Gasteiger partial charge < -0.3 is 9.64 Å². The van der Waals surface area contributed by atoms with Gasteiger partial charge in [0.2, 0.25) is 0 Å². The molecule has 1 aliphatic rings. The molecule has 1 aliphatic carbocycles. The first-order valence-corrected chi connectivity index (χ1v) is 7.43. The molecule has 0 bridgehead atoms. The van der Waals surface area contributed by atoms with E-state index >= 15 is 0 Å². The molecule has 20 heavy (non-hydrogen) atoms. The van der Waals surface area contributed by atoms with Gasteiger partial charge in [0.25, 0.3) is 0 Å². The number of nitrogens with zero attached hydrogens (tertiary/aromatic N) is 2. The van der Waals surface area contributed by atoms with Gasteiger partial charge in [0.15, 0.2) is 0 Å². The van der Waals surface area contributed by atoms with Crippen molar-refractivity contribution in [3.8, 4) is 0 Å². The maximum absolute atomic E-state index is 11.9. The number of ether oxygens (including phenoxy) is 1. The maximum atomic E-state index is 11.9. The van der Waals surface area contributed by atoms with Gasteiger partial charge in [0.05, 0.1) is 19.6 Å². The van der Waals surface area contributed by atoms with Crippen molar-refractivity contribution in [2.45, 2.75) is 44.6 Å². The van der Waals surface area contributed by atoms with Gasteiger partial charge in [-0.05, 0) is 47.3 Å². The highest BCUT2D eigenvalue weighted by Crippen LogP contribution is 2.36. The van der Waals surface area contributed by atoms with Crippen molar-refractivity contribution in [2.75, 3.05) is 40.8 Å². The summed E-state index contributed by atoms with van der Waals surface area (Å²) < 4.78 is 4.82. The summed E-state index contributed by atoms with van der Waals surface area (Å²) in [4.78, 5) is 27.4. The predicted molar refractivity (Wildman–Crippen MR) is 78.6 cm³/mol. The van der Waals surface area contributed by atoms with Gasteiger partial charge in [-0.15, -0.1) is 0 Å². The fourth-order valence-electron chi connectivity index (χ4n) is 2.74. The highest BCUT2D eigenvalue weighted by atomic mass is 16.5. The minimum Gasteiger partial charge on any atom is -0.466 e. The molecule has 116 valence electrons. The van der Waals surface area contributed by atoms with E-state index in [0.29, 0.717) is 13.2 Å². The molecule has 0 aliphatic heterocycles. The van der Waals surface area contributed by atoms with E-state index in [1.54, 1.807) is 6.92 Å². The lowest BCUT2D eigenvalue weighted by Gasteiger charge is -2.49. The Balaban J connectivity index is 2.29. The number of carbonyl (C=O) groups is 2. The molecule has 0 N–H and O–H groups in total.